The van der Waals surface area contributed by atoms with Gasteiger partial charge in [0.05, 0.1) is 6.10 Å². The van der Waals surface area contributed by atoms with Crippen molar-refractivity contribution in [2.45, 2.75) is 18.6 Å². The van der Waals surface area contributed by atoms with Crippen LogP contribution in [-0.4, -0.2) is 5.11 Å². The van der Waals surface area contributed by atoms with E-state index in [1.54, 1.807) is 12.1 Å². The third kappa shape index (κ3) is 2.68. The minimum Gasteiger partial charge on any atom is -0.485 e. The van der Waals surface area contributed by atoms with Crippen LogP contribution in [0.3, 0.4) is 0 Å². The van der Waals surface area contributed by atoms with Crippen molar-refractivity contribution in [3.63, 3.8) is 0 Å². The molecule has 0 amide bonds. The van der Waals surface area contributed by atoms with Gasteiger partial charge in [-0.15, -0.1) is 0 Å². The largest absolute Gasteiger partial charge is 0.485 e. The predicted molar refractivity (Wildman–Crippen MR) is 83.5 cm³/mol. The second-order valence-electron chi connectivity index (χ2n) is 4.71. The van der Waals surface area contributed by atoms with Gasteiger partial charge in [0.25, 0.3) is 0 Å². The number of ether oxygens (including phenoxy) is 1. The Balaban J connectivity index is 1.98. The van der Waals surface area contributed by atoms with E-state index >= 15 is 0 Å². The molecule has 20 heavy (non-hydrogen) atoms. The summed E-state index contributed by atoms with van der Waals surface area (Å²) in [6, 6.07) is 10.9. The van der Waals surface area contributed by atoms with Crippen molar-refractivity contribution in [1.29, 1.82) is 0 Å². The van der Waals surface area contributed by atoms with Gasteiger partial charge in [0.1, 0.15) is 11.9 Å². The van der Waals surface area contributed by atoms with Crippen LogP contribution in [0, 0.1) is 0 Å². The van der Waals surface area contributed by atoms with Crippen LogP contribution in [-0.2, 0) is 0 Å². The standard InChI is InChI=1S/C15H11BrCl2O2/c16-8-1-3-11-13(19)7-15(20-14(11)5-8)10-4-2-9(17)6-12(10)18/h1-6,13,15,19H,7H2/t13-,15?/m0/s1. The van der Waals surface area contributed by atoms with Gasteiger partial charge in [-0.1, -0.05) is 51.3 Å². The van der Waals surface area contributed by atoms with Crippen LogP contribution >= 0.6 is 39.1 Å². The first-order valence-corrected chi connectivity index (χ1v) is 7.68. The lowest BCUT2D eigenvalue weighted by molar-refractivity contribution is 0.0657. The molecule has 0 fully saturated rings. The van der Waals surface area contributed by atoms with E-state index in [-0.39, 0.29) is 6.10 Å². The lowest BCUT2D eigenvalue weighted by Gasteiger charge is -2.30. The van der Waals surface area contributed by atoms with Crippen molar-refractivity contribution >= 4 is 39.1 Å². The van der Waals surface area contributed by atoms with Crippen LogP contribution in [0.2, 0.25) is 10.0 Å². The van der Waals surface area contributed by atoms with E-state index in [1.165, 1.54) is 0 Å². The van der Waals surface area contributed by atoms with Gasteiger partial charge in [0.15, 0.2) is 0 Å². The Labute approximate surface area is 135 Å². The van der Waals surface area contributed by atoms with E-state index in [1.807, 2.05) is 24.3 Å². The minimum absolute atomic E-state index is 0.281. The number of aliphatic hydroxyl groups excluding tert-OH is 1. The van der Waals surface area contributed by atoms with Crippen LogP contribution in [0.25, 0.3) is 0 Å². The molecule has 0 radical (unpaired) electrons. The van der Waals surface area contributed by atoms with Gasteiger partial charge in [0, 0.05) is 32.1 Å². The van der Waals surface area contributed by atoms with Crippen LogP contribution in [0.15, 0.2) is 40.9 Å². The van der Waals surface area contributed by atoms with E-state index in [9.17, 15) is 5.11 Å². The average Bonchev–Trinajstić information content (AvgIpc) is 2.37. The second-order valence-corrected chi connectivity index (χ2v) is 6.47. The zero-order chi connectivity index (χ0) is 14.3. The van der Waals surface area contributed by atoms with Crippen molar-refractivity contribution < 1.29 is 9.84 Å². The Kier molecular flexibility index (Phi) is 3.95. The number of hydrogen-bond acceptors (Lipinski definition) is 2. The molecule has 104 valence electrons. The van der Waals surface area contributed by atoms with Gasteiger partial charge in [-0.25, -0.2) is 0 Å². The second kappa shape index (κ2) is 5.57. The summed E-state index contributed by atoms with van der Waals surface area (Å²) >= 11 is 15.5. The van der Waals surface area contributed by atoms with E-state index in [0.717, 1.165) is 15.6 Å². The molecule has 0 aliphatic carbocycles. The zero-order valence-electron chi connectivity index (χ0n) is 10.3. The summed E-state index contributed by atoms with van der Waals surface area (Å²) in [5.74, 6) is 0.675. The molecule has 2 aromatic carbocycles. The van der Waals surface area contributed by atoms with Crippen molar-refractivity contribution in [3.8, 4) is 5.75 Å². The third-order valence-electron chi connectivity index (χ3n) is 3.35. The van der Waals surface area contributed by atoms with Gasteiger partial charge in [-0.2, -0.15) is 0 Å². The number of aliphatic hydroxyl groups is 1. The van der Waals surface area contributed by atoms with Crippen molar-refractivity contribution in [2.24, 2.45) is 0 Å². The number of hydrogen-bond donors (Lipinski definition) is 1. The molecule has 0 saturated heterocycles. The molecule has 2 aromatic rings. The molecular weight excluding hydrogens is 363 g/mol. The molecule has 1 unspecified atom stereocenters. The summed E-state index contributed by atoms with van der Waals surface area (Å²) in [4.78, 5) is 0. The molecule has 1 aliphatic heterocycles. The fourth-order valence-electron chi connectivity index (χ4n) is 2.37. The maximum Gasteiger partial charge on any atom is 0.128 e. The molecule has 1 aliphatic rings. The summed E-state index contributed by atoms with van der Waals surface area (Å²) in [7, 11) is 0. The molecule has 1 N–H and O–H groups in total. The summed E-state index contributed by atoms with van der Waals surface area (Å²) in [5, 5.41) is 11.4. The highest BCUT2D eigenvalue weighted by Crippen LogP contribution is 2.43. The van der Waals surface area contributed by atoms with Crippen LogP contribution in [0.1, 0.15) is 29.8 Å². The van der Waals surface area contributed by atoms with Gasteiger partial charge in [0.2, 0.25) is 0 Å². The average molecular weight is 374 g/mol. The number of halogens is 3. The summed E-state index contributed by atoms with van der Waals surface area (Å²) in [6.45, 7) is 0. The van der Waals surface area contributed by atoms with Crippen molar-refractivity contribution in [2.75, 3.05) is 0 Å². The fourth-order valence-corrected chi connectivity index (χ4v) is 3.24. The van der Waals surface area contributed by atoms with Crippen LogP contribution < -0.4 is 4.74 Å². The van der Waals surface area contributed by atoms with Crippen LogP contribution in [0.5, 0.6) is 5.75 Å². The van der Waals surface area contributed by atoms with Gasteiger partial charge >= 0.3 is 0 Å². The number of rotatable bonds is 1. The summed E-state index contributed by atoms with van der Waals surface area (Å²) in [6.07, 6.45) is -0.379. The van der Waals surface area contributed by atoms with Crippen molar-refractivity contribution in [1.82, 2.24) is 0 Å². The maximum absolute atomic E-state index is 10.3. The quantitative estimate of drug-likeness (QED) is 0.733. The maximum atomic E-state index is 10.3. The predicted octanol–water partition coefficient (Wildman–Crippen LogP) is 5.31. The lowest BCUT2D eigenvalue weighted by atomic mass is 9.95. The van der Waals surface area contributed by atoms with E-state index < -0.39 is 6.10 Å². The highest BCUT2D eigenvalue weighted by atomic mass is 79.9. The molecule has 0 bridgehead atoms. The Bertz CT molecular complexity index is 660. The number of benzene rings is 2. The van der Waals surface area contributed by atoms with Gasteiger partial charge in [-0.05, 0) is 24.3 Å². The van der Waals surface area contributed by atoms with Gasteiger partial charge in [-0.3, -0.25) is 0 Å². The van der Waals surface area contributed by atoms with E-state index in [2.05, 4.69) is 15.9 Å². The smallest absolute Gasteiger partial charge is 0.128 e. The molecular formula is C15H11BrCl2O2. The first-order chi connectivity index (χ1) is 9.54. The van der Waals surface area contributed by atoms with Crippen LogP contribution in [0.4, 0.5) is 0 Å². The topological polar surface area (TPSA) is 29.5 Å². The normalized spacial score (nSPS) is 21.2. The fraction of sp³-hybridized carbons (Fsp3) is 0.200. The van der Waals surface area contributed by atoms with Crippen molar-refractivity contribution in [3.05, 3.63) is 62.0 Å². The first kappa shape index (κ1) is 14.2. The van der Waals surface area contributed by atoms with Gasteiger partial charge < -0.3 is 9.84 Å². The Morgan fingerprint density at radius 3 is 2.60 bits per heavy atom. The highest BCUT2D eigenvalue weighted by molar-refractivity contribution is 9.10. The molecule has 2 atom stereocenters. The lowest BCUT2D eigenvalue weighted by Crippen LogP contribution is -2.19. The SMILES string of the molecule is O[C@H]1CC(c2ccc(Cl)cc2Cl)Oc2cc(Br)ccc21. The molecule has 5 heteroatoms. The van der Waals surface area contributed by atoms with E-state index in [4.69, 9.17) is 27.9 Å². The number of fused-ring (bicyclic) bond motifs is 1. The molecule has 0 spiro atoms. The first-order valence-electron chi connectivity index (χ1n) is 6.13. The Morgan fingerprint density at radius 2 is 1.85 bits per heavy atom. The monoisotopic (exact) mass is 372 g/mol. The Morgan fingerprint density at radius 1 is 1.10 bits per heavy atom. The molecule has 2 nitrogen and oxygen atoms in total. The molecule has 1 heterocycles. The Hall–Kier alpha value is -0.740. The molecule has 0 aromatic heterocycles. The zero-order valence-corrected chi connectivity index (χ0v) is 13.4. The highest BCUT2D eigenvalue weighted by Gasteiger charge is 2.29. The summed E-state index contributed by atoms with van der Waals surface area (Å²) < 4.78 is 6.88. The van der Waals surface area contributed by atoms with E-state index in [0.29, 0.717) is 22.2 Å². The molecule has 3 rings (SSSR count). The minimum atomic E-state index is -0.566. The third-order valence-corrected chi connectivity index (χ3v) is 4.41. The molecule has 0 saturated carbocycles. The summed E-state index contributed by atoms with van der Waals surface area (Å²) in [5.41, 5.74) is 1.63.